The topological polar surface area (TPSA) is 128 Å². The lowest BCUT2D eigenvalue weighted by molar-refractivity contribution is 0.0531. The lowest BCUT2D eigenvalue weighted by Crippen LogP contribution is -2.42. The third kappa shape index (κ3) is 4.54. The van der Waals surface area contributed by atoms with E-state index in [-0.39, 0.29) is 11.9 Å². The van der Waals surface area contributed by atoms with Gasteiger partial charge in [-0.3, -0.25) is 0 Å². The Hall–Kier alpha value is -1.82. The molecule has 1 atom stereocenters. The number of hydrogen-bond acceptors (Lipinski definition) is 8. The van der Waals surface area contributed by atoms with E-state index in [2.05, 4.69) is 19.6 Å². The van der Waals surface area contributed by atoms with Gasteiger partial charge in [0.05, 0.1) is 12.0 Å². The van der Waals surface area contributed by atoms with Crippen molar-refractivity contribution in [1.29, 1.82) is 0 Å². The van der Waals surface area contributed by atoms with Crippen LogP contribution in [0, 0.1) is 12.8 Å². The standard InChI is InChI=1S/C16H23N5O4S2/c1-3-25-16(22)13-10(2)12-14(18-9-19-15(12)26-13)21-6-4-5-11(8-21)7-20-27(17,23)24/h9,11,20H,3-8H2,1-2H3,(H2,17,23,24). The molecule has 1 aliphatic rings. The van der Waals surface area contributed by atoms with E-state index >= 15 is 0 Å². The monoisotopic (exact) mass is 413 g/mol. The van der Waals surface area contributed by atoms with Crippen molar-refractivity contribution in [1.82, 2.24) is 14.7 Å². The van der Waals surface area contributed by atoms with Crippen molar-refractivity contribution in [2.24, 2.45) is 11.1 Å². The Kier molecular flexibility index (Phi) is 5.94. The van der Waals surface area contributed by atoms with Crippen LogP contribution < -0.4 is 14.8 Å². The number of nitrogens with one attached hydrogen (secondary N) is 1. The van der Waals surface area contributed by atoms with E-state index in [1.54, 1.807) is 6.92 Å². The number of ether oxygens (including phenoxy) is 1. The van der Waals surface area contributed by atoms with E-state index < -0.39 is 10.2 Å². The van der Waals surface area contributed by atoms with Crippen LogP contribution in [-0.2, 0) is 14.9 Å². The molecule has 27 heavy (non-hydrogen) atoms. The van der Waals surface area contributed by atoms with Gasteiger partial charge in [-0.1, -0.05) is 0 Å². The van der Waals surface area contributed by atoms with Crippen molar-refractivity contribution in [3.8, 4) is 0 Å². The Labute approximate surface area is 162 Å². The third-order valence-electron chi connectivity index (χ3n) is 4.56. The second-order valence-electron chi connectivity index (χ2n) is 6.50. The molecule has 0 bridgehead atoms. The fourth-order valence-corrected chi connectivity index (χ4v) is 4.85. The molecule has 2 aromatic rings. The van der Waals surface area contributed by atoms with Crippen LogP contribution in [0.25, 0.3) is 10.2 Å². The summed E-state index contributed by atoms with van der Waals surface area (Å²) in [5.41, 5.74) is 0.814. The van der Waals surface area contributed by atoms with Crippen LogP contribution in [0.1, 0.15) is 35.0 Å². The predicted molar refractivity (Wildman–Crippen MR) is 104 cm³/mol. The van der Waals surface area contributed by atoms with Gasteiger partial charge >= 0.3 is 5.97 Å². The molecule has 3 N–H and O–H groups in total. The molecule has 3 rings (SSSR count). The number of piperidine rings is 1. The second-order valence-corrected chi connectivity index (χ2v) is 8.88. The first-order valence-corrected chi connectivity index (χ1v) is 11.1. The maximum Gasteiger partial charge on any atom is 0.348 e. The van der Waals surface area contributed by atoms with Crippen LogP contribution in [0.2, 0.25) is 0 Å². The molecule has 148 valence electrons. The Bertz CT molecular complexity index is 944. The van der Waals surface area contributed by atoms with E-state index in [0.717, 1.165) is 41.0 Å². The van der Waals surface area contributed by atoms with E-state index in [0.29, 0.717) is 24.6 Å². The molecule has 11 heteroatoms. The Morgan fingerprint density at radius 2 is 2.26 bits per heavy atom. The molecule has 3 heterocycles. The minimum Gasteiger partial charge on any atom is -0.462 e. The zero-order valence-electron chi connectivity index (χ0n) is 15.3. The minimum absolute atomic E-state index is 0.130. The SMILES string of the molecule is CCOC(=O)c1sc2ncnc(N3CCCC(CNS(N)(=O)=O)C3)c2c1C. The number of aryl methyl sites for hydroxylation is 1. The summed E-state index contributed by atoms with van der Waals surface area (Å²) < 4.78 is 29.8. The van der Waals surface area contributed by atoms with Crippen LogP contribution in [-0.4, -0.2) is 50.6 Å². The normalized spacial score (nSPS) is 18.0. The summed E-state index contributed by atoms with van der Waals surface area (Å²) >= 11 is 1.30. The summed E-state index contributed by atoms with van der Waals surface area (Å²) in [4.78, 5) is 24.4. The summed E-state index contributed by atoms with van der Waals surface area (Å²) in [7, 11) is -3.70. The molecule has 2 aromatic heterocycles. The molecule has 0 saturated carbocycles. The number of esters is 1. The number of nitrogens with two attached hydrogens (primary N) is 1. The first kappa shape index (κ1) is 19.9. The summed E-state index contributed by atoms with van der Waals surface area (Å²) in [6.07, 6.45) is 3.31. The second kappa shape index (κ2) is 8.05. The molecular formula is C16H23N5O4S2. The summed E-state index contributed by atoms with van der Waals surface area (Å²) in [6, 6.07) is 0. The average Bonchev–Trinajstić information content (AvgIpc) is 2.97. The van der Waals surface area contributed by atoms with Crippen LogP contribution in [0.3, 0.4) is 0 Å². The third-order valence-corrected chi connectivity index (χ3v) is 6.31. The minimum atomic E-state index is -3.70. The molecule has 9 nitrogen and oxygen atoms in total. The number of aromatic nitrogens is 2. The first-order chi connectivity index (χ1) is 12.8. The molecule has 1 saturated heterocycles. The molecule has 0 spiro atoms. The van der Waals surface area contributed by atoms with Gasteiger partial charge in [-0.2, -0.15) is 8.42 Å². The lowest BCUT2D eigenvalue weighted by atomic mass is 9.98. The lowest BCUT2D eigenvalue weighted by Gasteiger charge is -2.33. The van der Waals surface area contributed by atoms with Gasteiger partial charge in [0.1, 0.15) is 21.9 Å². The van der Waals surface area contributed by atoms with Crippen molar-refractivity contribution in [3.63, 3.8) is 0 Å². The van der Waals surface area contributed by atoms with Crippen LogP contribution in [0.15, 0.2) is 6.33 Å². The number of hydrogen-bond donors (Lipinski definition) is 2. The van der Waals surface area contributed by atoms with E-state index in [1.807, 2.05) is 6.92 Å². The Morgan fingerprint density at radius 3 is 2.96 bits per heavy atom. The fraction of sp³-hybridized carbons (Fsp3) is 0.562. The number of thiophene rings is 1. The van der Waals surface area contributed by atoms with E-state index in [9.17, 15) is 13.2 Å². The number of carbonyl (C=O) groups excluding carboxylic acids is 1. The van der Waals surface area contributed by atoms with Crippen molar-refractivity contribution in [2.45, 2.75) is 26.7 Å². The van der Waals surface area contributed by atoms with Crippen LogP contribution in [0.5, 0.6) is 0 Å². The summed E-state index contributed by atoms with van der Waals surface area (Å²) in [6.45, 7) is 5.72. The number of rotatable bonds is 6. The van der Waals surface area contributed by atoms with Gasteiger partial charge in [-0.15, -0.1) is 11.3 Å². The van der Waals surface area contributed by atoms with Crippen LogP contribution >= 0.6 is 11.3 Å². The molecule has 1 unspecified atom stereocenters. The zero-order valence-corrected chi connectivity index (χ0v) is 16.9. The van der Waals surface area contributed by atoms with Gasteiger partial charge in [-0.05, 0) is 38.2 Å². The van der Waals surface area contributed by atoms with Crippen LogP contribution in [0.4, 0.5) is 5.82 Å². The van der Waals surface area contributed by atoms with Gasteiger partial charge in [0.2, 0.25) is 0 Å². The molecule has 0 aliphatic carbocycles. The van der Waals surface area contributed by atoms with Gasteiger partial charge in [-0.25, -0.2) is 24.6 Å². The quantitative estimate of drug-likeness (QED) is 0.681. The van der Waals surface area contributed by atoms with E-state index in [4.69, 9.17) is 9.88 Å². The number of fused-ring (bicyclic) bond motifs is 1. The van der Waals surface area contributed by atoms with Gasteiger partial charge in [0.15, 0.2) is 0 Å². The summed E-state index contributed by atoms with van der Waals surface area (Å²) in [5.74, 6) is 0.549. The van der Waals surface area contributed by atoms with Gasteiger partial charge in [0, 0.05) is 19.6 Å². The van der Waals surface area contributed by atoms with E-state index in [1.165, 1.54) is 17.7 Å². The fourth-order valence-electron chi connectivity index (χ4n) is 3.34. The number of nitrogens with zero attached hydrogens (tertiary/aromatic N) is 3. The average molecular weight is 414 g/mol. The van der Waals surface area contributed by atoms with Gasteiger partial charge < -0.3 is 9.64 Å². The van der Waals surface area contributed by atoms with Crippen molar-refractivity contribution in [2.75, 3.05) is 31.1 Å². The molecular weight excluding hydrogens is 390 g/mol. The van der Waals surface area contributed by atoms with Crippen molar-refractivity contribution in [3.05, 3.63) is 16.8 Å². The zero-order chi connectivity index (χ0) is 19.6. The summed E-state index contributed by atoms with van der Waals surface area (Å²) in [5, 5.41) is 5.89. The molecule has 1 fully saturated rings. The molecule has 1 aliphatic heterocycles. The van der Waals surface area contributed by atoms with Gasteiger partial charge in [0.25, 0.3) is 10.2 Å². The maximum absolute atomic E-state index is 12.2. The largest absolute Gasteiger partial charge is 0.462 e. The number of carbonyl (C=O) groups is 1. The maximum atomic E-state index is 12.2. The predicted octanol–water partition coefficient (Wildman–Crippen LogP) is 1.19. The number of anilines is 1. The molecule has 0 amide bonds. The highest BCUT2D eigenvalue weighted by molar-refractivity contribution is 7.87. The highest BCUT2D eigenvalue weighted by Gasteiger charge is 2.26. The van der Waals surface area contributed by atoms with Crippen molar-refractivity contribution < 1.29 is 17.9 Å². The highest BCUT2D eigenvalue weighted by atomic mass is 32.2. The Balaban J connectivity index is 1.88. The van der Waals surface area contributed by atoms with Crippen molar-refractivity contribution >= 4 is 43.5 Å². The molecule has 0 radical (unpaired) electrons. The Morgan fingerprint density at radius 1 is 1.48 bits per heavy atom. The smallest absolute Gasteiger partial charge is 0.348 e. The molecule has 0 aromatic carbocycles. The highest BCUT2D eigenvalue weighted by Crippen LogP contribution is 2.36. The first-order valence-electron chi connectivity index (χ1n) is 8.73.